The van der Waals surface area contributed by atoms with Gasteiger partial charge in [-0.1, -0.05) is 13.0 Å². The van der Waals surface area contributed by atoms with Gasteiger partial charge in [-0.3, -0.25) is 9.59 Å². The third-order valence-corrected chi connectivity index (χ3v) is 7.99. The summed E-state index contributed by atoms with van der Waals surface area (Å²) in [5.41, 5.74) is 2.46. The van der Waals surface area contributed by atoms with Crippen LogP contribution in [0.5, 0.6) is 5.75 Å². The second-order valence-electron chi connectivity index (χ2n) is 10.4. The number of hydrogen-bond acceptors (Lipinski definition) is 7. The van der Waals surface area contributed by atoms with Gasteiger partial charge in [-0.25, -0.2) is 14.4 Å². The number of hydrogen-bond donors (Lipinski definition) is 4. The van der Waals surface area contributed by atoms with E-state index < -0.39 is 53.0 Å². The molecule has 0 bridgehead atoms. The number of ether oxygens (including phenoxy) is 2. The van der Waals surface area contributed by atoms with Crippen LogP contribution < -0.4 is 21.1 Å². The van der Waals surface area contributed by atoms with Crippen molar-refractivity contribution in [1.82, 2.24) is 20.3 Å². The molecule has 1 aromatic carbocycles. The minimum absolute atomic E-state index is 0.0157. The van der Waals surface area contributed by atoms with Crippen LogP contribution in [0.2, 0.25) is 0 Å². The molecule has 41 heavy (non-hydrogen) atoms. The Morgan fingerprint density at radius 3 is 2.59 bits per heavy atom. The van der Waals surface area contributed by atoms with Crippen molar-refractivity contribution in [2.45, 2.75) is 44.1 Å². The van der Waals surface area contributed by atoms with Crippen molar-refractivity contribution in [2.75, 3.05) is 25.5 Å². The van der Waals surface area contributed by atoms with E-state index in [0.717, 1.165) is 26.2 Å². The van der Waals surface area contributed by atoms with E-state index in [1.54, 1.807) is 0 Å². The van der Waals surface area contributed by atoms with Crippen LogP contribution in [0.25, 0.3) is 11.0 Å². The number of pyridine rings is 1. The monoisotopic (exact) mass is 582 g/mol. The summed E-state index contributed by atoms with van der Waals surface area (Å²) < 4.78 is 82.4. The third kappa shape index (κ3) is 4.76. The number of aromatic nitrogens is 3. The molecular formula is C26H27F5N6O4. The number of amides is 2. The molecule has 10 nitrogen and oxygen atoms in total. The molecule has 0 aliphatic carbocycles. The number of benzene rings is 1. The summed E-state index contributed by atoms with van der Waals surface area (Å²) in [5, 5.41) is 5.70. The van der Waals surface area contributed by atoms with Crippen molar-refractivity contribution in [2.24, 2.45) is 17.6 Å². The molecule has 2 amide bonds. The molecule has 0 spiro atoms. The standard InChI is InChI=1S/C26H27F5N6O4/c1-10-16(12-4-5-13(27)17(28)20(12)40-3)21(41-25(10,2)26(29,30)31)23-34-14-8-15(35-19(22(32)38)18(14)37-23)36-24(39)11-6-7-33-9-11/h4-5,8,10-11,16,21,33H,6-7,9H2,1-3H3,(H2,32,38)(H,34,37)(H,35,36,39)/t10-,11?,16-,21+,25+/m0/s1. The zero-order valence-electron chi connectivity index (χ0n) is 22.2. The van der Waals surface area contributed by atoms with Gasteiger partial charge < -0.3 is 30.8 Å². The third-order valence-electron chi connectivity index (χ3n) is 7.99. The lowest BCUT2D eigenvalue weighted by Crippen LogP contribution is -2.46. The van der Waals surface area contributed by atoms with E-state index in [2.05, 4.69) is 25.6 Å². The van der Waals surface area contributed by atoms with E-state index in [0.29, 0.717) is 19.5 Å². The molecule has 5 rings (SSSR count). The number of rotatable bonds is 6. The normalized spacial score (nSPS) is 26.4. The first kappa shape index (κ1) is 28.7. The predicted octanol–water partition coefficient (Wildman–Crippen LogP) is 3.70. The lowest BCUT2D eigenvalue weighted by Gasteiger charge is -2.32. The number of halogens is 5. The summed E-state index contributed by atoms with van der Waals surface area (Å²) in [4.78, 5) is 36.2. The smallest absolute Gasteiger partial charge is 0.417 e. The Morgan fingerprint density at radius 1 is 1.24 bits per heavy atom. The molecule has 5 atom stereocenters. The molecule has 15 heteroatoms. The fraction of sp³-hybridized carbons (Fsp3) is 0.462. The Morgan fingerprint density at radius 2 is 1.98 bits per heavy atom. The molecule has 0 saturated carbocycles. The molecule has 1 unspecified atom stereocenters. The lowest BCUT2D eigenvalue weighted by molar-refractivity contribution is -0.275. The number of fused-ring (bicyclic) bond motifs is 1. The first-order valence-electron chi connectivity index (χ1n) is 12.7. The number of primary amides is 1. The number of nitrogens with one attached hydrogen (secondary N) is 3. The van der Waals surface area contributed by atoms with E-state index in [4.69, 9.17) is 15.2 Å². The highest BCUT2D eigenvalue weighted by Gasteiger charge is 2.65. The molecular weight excluding hydrogens is 555 g/mol. The number of imidazole rings is 1. The van der Waals surface area contributed by atoms with Crippen LogP contribution in [0.4, 0.5) is 27.8 Å². The Balaban J connectivity index is 1.63. The maximum absolute atomic E-state index is 14.7. The van der Waals surface area contributed by atoms with Gasteiger partial charge in [-0.2, -0.15) is 17.6 Å². The van der Waals surface area contributed by atoms with Crippen molar-refractivity contribution in [3.05, 3.63) is 46.9 Å². The van der Waals surface area contributed by atoms with E-state index in [9.17, 15) is 31.5 Å². The van der Waals surface area contributed by atoms with E-state index in [1.165, 1.54) is 13.0 Å². The van der Waals surface area contributed by atoms with Crippen LogP contribution in [-0.4, -0.2) is 58.7 Å². The Bertz CT molecular complexity index is 1520. The number of alkyl halides is 3. The number of carbonyl (C=O) groups excluding carboxylic acids is 2. The Kier molecular flexibility index (Phi) is 7.14. The molecule has 2 aliphatic heterocycles. The van der Waals surface area contributed by atoms with Crippen LogP contribution in [0.15, 0.2) is 18.2 Å². The van der Waals surface area contributed by atoms with Gasteiger partial charge in [-0.15, -0.1) is 0 Å². The van der Waals surface area contributed by atoms with Crippen LogP contribution in [-0.2, 0) is 9.53 Å². The van der Waals surface area contributed by atoms with Crippen molar-refractivity contribution in [3.63, 3.8) is 0 Å². The highest BCUT2D eigenvalue weighted by atomic mass is 19.4. The zero-order chi connectivity index (χ0) is 29.9. The van der Waals surface area contributed by atoms with Gasteiger partial charge in [0.15, 0.2) is 22.9 Å². The minimum atomic E-state index is -4.86. The molecule has 2 fully saturated rings. The Labute approximate surface area is 230 Å². The van der Waals surface area contributed by atoms with Gasteiger partial charge in [0.1, 0.15) is 23.3 Å². The molecule has 220 valence electrons. The average molecular weight is 583 g/mol. The zero-order valence-corrected chi connectivity index (χ0v) is 22.2. The molecule has 2 aliphatic rings. The van der Waals surface area contributed by atoms with Crippen molar-refractivity contribution in [1.29, 1.82) is 0 Å². The van der Waals surface area contributed by atoms with E-state index in [1.807, 2.05) is 0 Å². The SMILES string of the molecule is COc1c([C@H]2[C@H](c3nc4c(C(N)=O)nc(NC(=O)C5CCNC5)cc4[nH]3)O[C@@](C)(C(F)(F)F)[C@H]2C)ccc(F)c1F. The highest BCUT2D eigenvalue weighted by Crippen LogP contribution is 2.59. The molecule has 4 heterocycles. The molecule has 2 aromatic heterocycles. The van der Waals surface area contributed by atoms with Gasteiger partial charge in [0.2, 0.25) is 11.7 Å². The summed E-state index contributed by atoms with van der Waals surface area (Å²) in [7, 11) is 1.07. The number of methoxy groups -OCH3 is 1. The second kappa shape index (κ2) is 10.2. The predicted molar refractivity (Wildman–Crippen MR) is 135 cm³/mol. The quantitative estimate of drug-likeness (QED) is 0.325. The van der Waals surface area contributed by atoms with Crippen molar-refractivity contribution >= 4 is 28.7 Å². The minimum Gasteiger partial charge on any atom is -0.493 e. The van der Waals surface area contributed by atoms with Gasteiger partial charge in [-0.05, 0) is 26.0 Å². The van der Waals surface area contributed by atoms with Crippen molar-refractivity contribution < 1.29 is 41.0 Å². The topological polar surface area (TPSA) is 144 Å². The first-order chi connectivity index (χ1) is 19.3. The van der Waals surface area contributed by atoms with Crippen molar-refractivity contribution in [3.8, 4) is 5.75 Å². The number of aromatic amines is 1. The molecule has 5 N–H and O–H groups in total. The van der Waals surface area contributed by atoms with Crippen LogP contribution in [0, 0.1) is 23.5 Å². The van der Waals surface area contributed by atoms with Gasteiger partial charge in [0, 0.05) is 30.0 Å². The summed E-state index contributed by atoms with van der Waals surface area (Å²) in [6.07, 6.45) is -5.73. The molecule has 2 saturated heterocycles. The highest BCUT2D eigenvalue weighted by molar-refractivity contribution is 6.04. The van der Waals surface area contributed by atoms with E-state index in [-0.39, 0.29) is 45.8 Å². The summed E-state index contributed by atoms with van der Waals surface area (Å²) in [6, 6.07) is 3.30. The maximum atomic E-state index is 14.7. The van der Waals surface area contributed by atoms with E-state index >= 15 is 0 Å². The Hall–Kier alpha value is -3.85. The molecule has 3 aromatic rings. The number of nitrogens with two attached hydrogens (primary N) is 1. The number of H-pyrrole nitrogens is 1. The summed E-state index contributed by atoms with van der Waals surface area (Å²) in [6.45, 7) is 3.28. The van der Waals surface area contributed by atoms with Crippen LogP contribution >= 0.6 is 0 Å². The number of nitrogens with zero attached hydrogens (tertiary/aromatic N) is 2. The molecule has 0 radical (unpaired) electrons. The van der Waals surface area contributed by atoms with Gasteiger partial charge in [0.25, 0.3) is 5.91 Å². The summed E-state index contributed by atoms with van der Waals surface area (Å²) in [5.74, 6) is -7.54. The average Bonchev–Trinajstić information content (AvgIpc) is 3.64. The summed E-state index contributed by atoms with van der Waals surface area (Å²) >= 11 is 0. The van der Waals surface area contributed by atoms with Gasteiger partial charge >= 0.3 is 6.18 Å². The first-order valence-corrected chi connectivity index (χ1v) is 12.7. The number of carbonyl (C=O) groups is 2. The largest absolute Gasteiger partial charge is 0.493 e. The number of anilines is 1. The fourth-order valence-electron chi connectivity index (χ4n) is 5.56. The van der Waals surface area contributed by atoms with Crippen LogP contribution in [0.1, 0.15) is 54.2 Å². The van der Waals surface area contributed by atoms with Crippen LogP contribution in [0.3, 0.4) is 0 Å². The fourth-order valence-corrected chi connectivity index (χ4v) is 5.56. The maximum Gasteiger partial charge on any atom is 0.417 e. The lowest BCUT2D eigenvalue weighted by atomic mass is 9.77. The second-order valence-corrected chi connectivity index (χ2v) is 10.4. The van der Waals surface area contributed by atoms with Gasteiger partial charge in [0.05, 0.1) is 18.5 Å².